The van der Waals surface area contributed by atoms with Crippen LogP contribution in [0.2, 0.25) is 0 Å². The summed E-state index contributed by atoms with van der Waals surface area (Å²) in [7, 11) is 0. The maximum Gasteiger partial charge on any atom is 0.194 e. The van der Waals surface area contributed by atoms with Gasteiger partial charge in [-0.1, -0.05) is 0 Å². The van der Waals surface area contributed by atoms with E-state index in [0.717, 1.165) is 12.1 Å². The highest BCUT2D eigenvalue weighted by atomic mass is 19.2. The molecule has 0 aliphatic carbocycles. The molecule has 18 heavy (non-hydrogen) atoms. The first-order valence-electron chi connectivity index (χ1n) is 5.70. The standard InChI is InChI=1S/C12H16F3NO2/c1-3-17-11(18-4-2)7-16-8-5-9(13)12(15)10(14)6-8/h5-6,11,16H,3-4,7H2,1-2H3. The summed E-state index contributed by atoms with van der Waals surface area (Å²) in [5, 5.41) is 2.73. The van der Waals surface area contributed by atoms with Gasteiger partial charge in [-0.15, -0.1) is 0 Å². The van der Waals surface area contributed by atoms with E-state index >= 15 is 0 Å². The second kappa shape index (κ2) is 7.23. The minimum Gasteiger partial charge on any atom is -0.380 e. The minimum absolute atomic E-state index is 0.135. The first kappa shape index (κ1) is 14.8. The van der Waals surface area contributed by atoms with Crippen molar-refractivity contribution in [1.29, 1.82) is 0 Å². The Morgan fingerprint density at radius 3 is 2.00 bits per heavy atom. The quantitative estimate of drug-likeness (QED) is 0.606. The SMILES string of the molecule is CCOC(CNc1cc(F)c(F)c(F)c1)OCC. The van der Waals surface area contributed by atoms with E-state index in [1.807, 2.05) is 13.8 Å². The molecule has 0 aliphatic heterocycles. The van der Waals surface area contributed by atoms with Gasteiger partial charge in [0.1, 0.15) is 0 Å². The molecule has 3 nitrogen and oxygen atoms in total. The molecule has 6 heteroatoms. The molecule has 0 saturated carbocycles. The van der Waals surface area contributed by atoms with Gasteiger partial charge in [0.05, 0.1) is 6.54 Å². The fourth-order valence-electron chi connectivity index (χ4n) is 1.40. The Balaban J connectivity index is 2.61. The molecule has 1 aromatic rings. The van der Waals surface area contributed by atoms with E-state index in [1.165, 1.54) is 0 Å². The van der Waals surface area contributed by atoms with Crippen molar-refractivity contribution in [3.8, 4) is 0 Å². The van der Waals surface area contributed by atoms with Gasteiger partial charge in [-0.2, -0.15) is 0 Å². The molecule has 0 heterocycles. The largest absolute Gasteiger partial charge is 0.380 e. The van der Waals surface area contributed by atoms with Gasteiger partial charge in [0.25, 0.3) is 0 Å². The molecular formula is C12H16F3NO2. The maximum atomic E-state index is 12.9. The van der Waals surface area contributed by atoms with Crippen LogP contribution in [0.1, 0.15) is 13.8 Å². The maximum absolute atomic E-state index is 12.9. The Hall–Kier alpha value is -1.27. The van der Waals surface area contributed by atoms with E-state index in [-0.39, 0.29) is 12.2 Å². The van der Waals surface area contributed by atoms with Crippen molar-refractivity contribution < 1.29 is 22.6 Å². The van der Waals surface area contributed by atoms with Crippen molar-refractivity contribution in [3.05, 3.63) is 29.6 Å². The Morgan fingerprint density at radius 2 is 1.56 bits per heavy atom. The van der Waals surface area contributed by atoms with Gasteiger partial charge in [0, 0.05) is 31.0 Å². The van der Waals surface area contributed by atoms with Crippen molar-refractivity contribution in [2.75, 3.05) is 25.1 Å². The number of benzene rings is 1. The average Bonchev–Trinajstić information content (AvgIpc) is 2.33. The lowest BCUT2D eigenvalue weighted by Gasteiger charge is -2.18. The second-order valence-corrected chi connectivity index (χ2v) is 3.48. The molecule has 0 aromatic heterocycles. The summed E-state index contributed by atoms with van der Waals surface area (Å²) >= 11 is 0. The van der Waals surface area contributed by atoms with Crippen LogP contribution in [-0.4, -0.2) is 26.0 Å². The Bertz CT molecular complexity index is 359. The van der Waals surface area contributed by atoms with Crippen LogP contribution in [0.4, 0.5) is 18.9 Å². The number of ether oxygens (including phenoxy) is 2. The molecule has 0 amide bonds. The van der Waals surface area contributed by atoms with Crippen molar-refractivity contribution >= 4 is 5.69 Å². The van der Waals surface area contributed by atoms with E-state index in [2.05, 4.69) is 5.32 Å². The average molecular weight is 263 g/mol. The molecule has 0 aliphatic rings. The van der Waals surface area contributed by atoms with E-state index in [1.54, 1.807) is 0 Å². The number of anilines is 1. The molecule has 1 aromatic carbocycles. The number of nitrogens with one attached hydrogen (secondary N) is 1. The molecule has 1 N–H and O–H groups in total. The Kier molecular flexibility index (Phi) is 5.94. The van der Waals surface area contributed by atoms with Crippen molar-refractivity contribution in [3.63, 3.8) is 0 Å². The zero-order valence-electron chi connectivity index (χ0n) is 10.3. The normalized spacial score (nSPS) is 11.0. The predicted molar refractivity (Wildman–Crippen MR) is 61.8 cm³/mol. The predicted octanol–water partition coefficient (Wildman–Crippen LogP) is 2.91. The lowest BCUT2D eigenvalue weighted by atomic mass is 10.3. The summed E-state index contributed by atoms with van der Waals surface area (Å²) in [5.41, 5.74) is 0.135. The highest BCUT2D eigenvalue weighted by Gasteiger charge is 2.12. The number of halogens is 3. The second-order valence-electron chi connectivity index (χ2n) is 3.48. The smallest absolute Gasteiger partial charge is 0.194 e. The molecule has 0 atom stereocenters. The van der Waals surface area contributed by atoms with Crippen molar-refractivity contribution in [2.24, 2.45) is 0 Å². The van der Waals surface area contributed by atoms with Crippen LogP contribution in [-0.2, 0) is 9.47 Å². The Labute approximate surface area is 104 Å². The molecule has 0 unspecified atom stereocenters. The third-order valence-electron chi connectivity index (χ3n) is 2.16. The minimum atomic E-state index is -1.48. The highest BCUT2D eigenvalue weighted by Crippen LogP contribution is 2.17. The van der Waals surface area contributed by atoms with E-state index in [0.29, 0.717) is 13.2 Å². The third-order valence-corrected chi connectivity index (χ3v) is 2.16. The molecule has 0 bridgehead atoms. The number of hydrogen-bond donors (Lipinski definition) is 1. The van der Waals surface area contributed by atoms with Crippen LogP contribution < -0.4 is 5.32 Å². The van der Waals surface area contributed by atoms with E-state index < -0.39 is 23.7 Å². The molecule has 0 fully saturated rings. The molecule has 1 rings (SSSR count). The molecule has 0 saturated heterocycles. The van der Waals surface area contributed by atoms with Crippen LogP contribution >= 0.6 is 0 Å². The lowest BCUT2D eigenvalue weighted by molar-refractivity contribution is -0.126. The highest BCUT2D eigenvalue weighted by molar-refractivity contribution is 5.44. The molecular weight excluding hydrogens is 247 g/mol. The van der Waals surface area contributed by atoms with Gasteiger partial charge in [0.15, 0.2) is 23.7 Å². The van der Waals surface area contributed by atoms with Crippen LogP contribution in [0.15, 0.2) is 12.1 Å². The molecule has 102 valence electrons. The van der Waals surface area contributed by atoms with Crippen molar-refractivity contribution in [2.45, 2.75) is 20.1 Å². The van der Waals surface area contributed by atoms with Gasteiger partial charge in [-0.3, -0.25) is 0 Å². The third kappa shape index (κ3) is 4.19. The molecule has 0 radical (unpaired) electrons. The van der Waals surface area contributed by atoms with Crippen LogP contribution in [0, 0.1) is 17.5 Å². The number of rotatable bonds is 7. The first-order chi connectivity index (χ1) is 8.58. The van der Waals surface area contributed by atoms with Crippen LogP contribution in [0.25, 0.3) is 0 Å². The van der Waals surface area contributed by atoms with Gasteiger partial charge < -0.3 is 14.8 Å². The molecule has 0 spiro atoms. The van der Waals surface area contributed by atoms with E-state index in [9.17, 15) is 13.2 Å². The fourth-order valence-corrected chi connectivity index (χ4v) is 1.40. The van der Waals surface area contributed by atoms with Gasteiger partial charge in [-0.25, -0.2) is 13.2 Å². The fraction of sp³-hybridized carbons (Fsp3) is 0.500. The summed E-state index contributed by atoms with van der Waals surface area (Å²) in [4.78, 5) is 0. The topological polar surface area (TPSA) is 30.5 Å². The summed E-state index contributed by atoms with van der Waals surface area (Å²) < 4.78 is 49.1. The lowest BCUT2D eigenvalue weighted by Crippen LogP contribution is -2.26. The Morgan fingerprint density at radius 1 is 1.06 bits per heavy atom. The first-order valence-corrected chi connectivity index (χ1v) is 5.70. The summed E-state index contributed by atoms with van der Waals surface area (Å²) in [6, 6.07) is 1.76. The summed E-state index contributed by atoms with van der Waals surface area (Å²) in [5.74, 6) is -3.95. The zero-order valence-corrected chi connectivity index (χ0v) is 10.3. The van der Waals surface area contributed by atoms with Gasteiger partial charge in [0.2, 0.25) is 0 Å². The van der Waals surface area contributed by atoms with Crippen molar-refractivity contribution in [1.82, 2.24) is 0 Å². The monoisotopic (exact) mass is 263 g/mol. The summed E-state index contributed by atoms with van der Waals surface area (Å²) in [6.45, 7) is 4.75. The summed E-state index contributed by atoms with van der Waals surface area (Å²) in [6.07, 6.45) is -0.517. The van der Waals surface area contributed by atoms with Gasteiger partial charge in [-0.05, 0) is 13.8 Å². The van der Waals surface area contributed by atoms with Gasteiger partial charge >= 0.3 is 0 Å². The van der Waals surface area contributed by atoms with Crippen LogP contribution in [0.3, 0.4) is 0 Å². The van der Waals surface area contributed by atoms with Crippen LogP contribution in [0.5, 0.6) is 0 Å². The van der Waals surface area contributed by atoms with E-state index in [4.69, 9.17) is 9.47 Å². The number of hydrogen-bond acceptors (Lipinski definition) is 3. The zero-order chi connectivity index (χ0) is 13.5.